The Morgan fingerprint density at radius 3 is 0.602 bits per heavy atom. The van der Waals surface area contributed by atoms with Crippen LogP contribution in [0.25, 0.3) is 0 Å². The van der Waals surface area contributed by atoms with Crippen molar-refractivity contribution in [2.75, 3.05) is 162 Å². The summed E-state index contributed by atoms with van der Waals surface area (Å²) in [7, 11) is 18.3. The molecule has 4 N–H and O–H groups in total. The molecule has 0 spiro atoms. The summed E-state index contributed by atoms with van der Waals surface area (Å²) in [6.45, 7) is 38.0. The molecule has 0 aliphatic carbocycles. The normalized spacial score (nSPS) is 18.5. The van der Waals surface area contributed by atoms with Crippen LogP contribution in [0, 0.1) is 21.8 Å². The molecule has 0 saturated carbocycles. The zero-order chi connectivity index (χ0) is 77.2. The van der Waals surface area contributed by atoms with E-state index in [9.17, 15) is 0 Å². The van der Waals surface area contributed by atoms with Crippen LogP contribution in [0.3, 0.4) is 0 Å². The minimum Gasteiger partial charge on any atom is -0.290 e. The maximum Gasteiger partial charge on any atom is 0.348 e. The summed E-state index contributed by atoms with van der Waals surface area (Å²) in [5.41, 5.74) is 22.5. The molecule has 2 heterocycles. The van der Waals surface area contributed by atoms with Gasteiger partial charge in [-0.15, -0.1) is 29.3 Å². The maximum atomic E-state index is 7.80. The third-order valence-corrected chi connectivity index (χ3v) is 48.4. The Balaban J connectivity index is -0.000000179. The lowest BCUT2D eigenvalue weighted by atomic mass is 11.0. The summed E-state index contributed by atoms with van der Waals surface area (Å²) in [5, 5.41) is 7.80. The molecule has 52 heteroatoms. The lowest BCUT2D eigenvalue weighted by molar-refractivity contribution is 0.474. The van der Waals surface area contributed by atoms with Crippen molar-refractivity contribution in [3.8, 4) is 0 Å². The Bertz CT molecular complexity index is 2440. The monoisotopic (exact) mass is 1700 g/mol. The zero-order valence-electron chi connectivity index (χ0n) is 64.2. The van der Waals surface area contributed by atoms with Gasteiger partial charge in [0.05, 0.1) is 7.36 Å². The second-order valence-electron chi connectivity index (χ2n) is 16.8. The first-order valence-corrected chi connectivity index (χ1v) is 54.5. The van der Waals surface area contributed by atoms with Crippen LogP contribution < -0.4 is 0 Å². The third-order valence-electron chi connectivity index (χ3n) is 9.25. The van der Waals surface area contributed by atoms with Crippen molar-refractivity contribution in [3.63, 3.8) is 0 Å². The molecule has 4 unspecified atom stereocenters. The zero-order valence-corrected chi connectivity index (χ0v) is 80.7. The molecule has 4 atom stereocenters. The van der Waals surface area contributed by atoms with E-state index in [1.165, 1.54) is 0 Å². The van der Waals surface area contributed by atoms with Crippen molar-refractivity contribution in [2.45, 2.75) is 125 Å². The molecule has 0 saturated heterocycles. The molecular formula is C41H130Cl6N33P13. The van der Waals surface area contributed by atoms with Gasteiger partial charge in [-0.2, -0.15) is 55.3 Å². The van der Waals surface area contributed by atoms with Crippen LogP contribution in [0.15, 0.2) is 84.6 Å². The van der Waals surface area contributed by atoms with Gasteiger partial charge in [0.2, 0.25) is 0 Å². The Kier molecular flexibility index (Phi) is 76.3. The fourth-order valence-corrected chi connectivity index (χ4v) is 53.5. The standard InChI is InChI=1S/C18H60N27P9.C5H16N3P.9C2H6.Cl6N3P3/c1-37(2)52(38(3)4,39(5)6)34-50(30-27-48-24-21)31-49(28-25-46-22-19,29-26-47-23-20)32-51(33-50,35-53(40(7)8,41(9)10)42(11)12)36-54(43(13)14,44(15)16)45(17)18;1-7(2)9(5,6)8(3)4;9*1-2;1-10(2)7-11(3,4)9-12(5,6)8-10/h19-21,46-48H,1-18H3;6H,1-5H3;9*1-2H3;. The van der Waals surface area contributed by atoms with Gasteiger partial charge in [0.25, 0.3) is 17.7 Å². The van der Waals surface area contributed by atoms with Gasteiger partial charge in [-0.3, -0.25) is 56.5 Å². The largest absolute Gasteiger partial charge is 0.348 e. The van der Waals surface area contributed by atoms with Gasteiger partial charge in [0, 0.05) is 0 Å². The van der Waals surface area contributed by atoms with Gasteiger partial charge < -0.3 is 0 Å². The molecule has 0 amide bonds. The molecule has 0 fully saturated rings. The van der Waals surface area contributed by atoms with Gasteiger partial charge in [-0.1, -0.05) is 125 Å². The first-order chi connectivity index (χ1) is 42.9. The fourth-order valence-electron chi connectivity index (χ4n) is 6.33. The molecule has 0 aromatic rings. The molecule has 0 aromatic heterocycles. The summed E-state index contributed by atoms with van der Waals surface area (Å²) >= 11 is 33.9. The number of halogens is 6. The predicted octanol–water partition coefficient (Wildman–Crippen LogP) is 28.6. The van der Waals surface area contributed by atoms with Crippen molar-refractivity contribution < 1.29 is 0 Å². The van der Waals surface area contributed by atoms with Crippen LogP contribution in [0.5, 0.6) is 0 Å². The first kappa shape index (κ1) is 117. The highest BCUT2D eigenvalue weighted by atomic mass is 35.9. The van der Waals surface area contributed by atoms with Gasteiger partial charge >= 0.3 is 22.5 Å². The quantitative estimate of drug-likeness (QED) is 0.0550. The highest BCUT2D eigenvalue weighted by molar-refractivity contribution is 8.26. The summed E-state index contributed by atoms with van der Waals surface area (Å²) in [6, 6.07) is 0. The van der Waals surface area contributed by atoms with Crippen LogP contribution in [0.2, 0.25) is 0 Å². The highest BCUT2D eigenvalue weighted by Crippen LogP contribution is 2.89. The van der Waals surface area contributed by atoms with Crippen molar-refractivity contribution in [3.05, 3.63) is 0 Å². The van der Waals surface area contributed by atoms with E-state index in [2.05, 4.69) is 52.6 Å². The van der Waals surface area contributed by atoms with Gasteiger partial charge in [-0.05, 0) is 229 Å². The van der Waals surface area contributed by atoms with E-state index in [1.807, 2.05) is 338 Å². The Morgan fingerprint density at radius 2 is 0.441 bits per heavy atom. The minimum atomic E-state index is -4.00. The van der Waals surface area contributed by atoms with E-state index in [0.29, 0.717) is 0 Å². The second kappa shape index (κ2) is 60.9. The molecule has 2 aliphatic rings. The Hall–Kier alpha value is 2.49. The van der Waals surface area contributed by atoms with Gasteiger partial charge in [0.15, 0.2) is 49.2 Å². The van der Waals surface area contributed by atoms with Crippen LogP contribution in [0.1, 0.15) is 125 Å². The minimum absolute atomic E-state index is 0.607. The number of nitrogens with one attached hydrogen (secondary N) is 4. The average molecular weight is 1700 g/mol. The van der Waals surface area contributed by atoms with Crippen LogP contribution in [-0.4, -0.2) is 213 Å². The first-order valence-electron chi connectivity index (χ1n) is 29.5. The summed E-state index contributed by atoms with van der Waals surface area (Å²) in [5.74, 6) is -8.72. The lowest BCUT2D eigenvalue weighted by Gasteiger charge is -2.44. The molecule has 93 heavy (non-hydrogen) atoms. The Labute approximate surface area is 603 Å². The topological polar surface area (TPSA) is 354 Å². The van der Waals surface area contributed by atoms with E-state index in [0.717, 1.165) is 0 Å². The van der Waals surface area contributed by atoms with Crippen molar-refractivity contribution in [1.29, 1.82) is 21.8 Å². The average Bonchev–Trinajstić information content (AvgIpc) is 0.717. The van der Waals surface area contributed by atoms with Crippen LogP contribution >= 0.6 is 164 Å². The second-order valence-corrected chi connectivity index (χ2v) is 55.5. The molecular weight excluding hydrogens is 1570 g/mol. The SMILES string of the molecule is CC.CC.CC.CC.CC.CC.CC.CC.CC.CN(C)P(=NP1(N=NPN=N)=NP(N=P(N(C)C)(N(C)C)N(C)C)(N=P(N(C)C)(N(C)C)N(C)C)=NP(N=NPN=N)(N=NPN=N)=N1)(N(C)C)N(C)C.CN(C)P(C)(=N)N(C)C.ClP1(Cl)=NP(Cl)(Cl)=NP(Cl)(Cl)=N1. The van der Waals surface area contributed by atoms with E-state index >= 15 is 0 Å². The maximum absolute atomic E-state index is 7.80. The molecule has 33 nitrogen and oxygen atoms in total. The van der Waals surface area contributed by atoms with Crippen molar-refractivity contribution >= 4 is 164 Å². The molecule has 0 radical (unpaired) electrons. The fraction of sp³-hybridized carbons (Fsp3) is 1.00. The van der Waals surface area contributed by atoms with E-state index in [-0.39, 0.29) is 0 Å². The number of rotatable bonds is 23. The highest BCUT2D eigenvalue weighted by Gasteiger charge is 2.47. The smallest absolute Gasteiger partial charge is 0.290 e. The van der Waals surface area contributed by atoms with E-state index in [4.69, 9.17) is 121 Å². The molecule has 2 aliphatic heterocycles. The Morgan fingerprint density at radius 1 is 0.280 bits per heavy atom. The molecule has 2 rings (SSSR count). The summed E-state index contributed by atoms with van der Waals surface area (Å²) in [6.07, 6.45) is 0. The third kappa shape index (κ3) is 41.0. The van der Waals surface area contributed by atoms with Crippen LogP contribution in [0.4, 0.5) is 0 Å². The summed E-state index contributed by atoms with van der Waals surface area (Å²) in [4.78, 5) is 37.0. The molecule has 566 valence electrons. The number of hydrogen-bond acceptors (Lipinski definition) is 22. The van der Waals surface area contributed by atoms with Crippen molar-refractivity contribution in [1.82, 2.24) is 51.4 Å². The lowest BCUT2D eigenvalue weighted by Crippen LogP contribution is -2.31. The van der Waals surface area contributed by atoms with E-state index in [1.54, 1.807) is 0 Å². The number of nitrogens with zero attached hydrogens (tertiary/aromatic N) is 29. The summed E-state index contributed by atoms with van der Waals surface area (Å²) < 4.78 is 66.1. The molecule has 0 bridgehead atoms. The van der Waals surface area contributed by atoms with Gasteiger partial charge in [0.1, 0.15) is 0 Å². The van der Waals surface area contributed by atoms with Gasteiger partial charge in [-0.25, -0.2) is 16.6 Å². The van der Waals surface area contributed by atoms with E-state index < -0.39 is 96.8 Å². The number of hydrogen-bond donors (Lipinski definition) is 4. The van der Waals surface area contributed by atoms with Crippen LogP contribution in [-0.2, 0) is 0 Å². The van der Waals surface area contributed by atoms with Crippen molar-refractivity contribution in [2.24, 2.45) is 84.6 Å². The predicted molar refractivity (Wildman–Crippen MR) is 442 cm³/mol. The molecule has 0 aromatic carbocycles.